The summed E-state index contributed by atoms with van der Waals surface area (Å²) in [5.41, 5.74) is 9.48. The second-order valence-electron chi connectivity index (χ2n) is 8.07. The van der Waals surface area contributed by atoms with Crippen LogP contribution >= 0.6 is 0 Å². The minimum Gasteiger partial charge on any atom is -0.496 e. The van der Waals surface area contributed by atoms with E-state index in [2.05, 4.69) is 97.1 Å². The Kier molecular flexibility index (Phi) is 3.89. The molecule has 0 radical (unpaired) electrons. The maximum absolute atomic E-state index is 5.81. The van der Waals surface area contributed by atoms with Crippen molar-refractivity contribution in [3.05, 3.63) is 114 Å². The van der Waals surface area contributed by atoms with Gasteiger partial charge in [-0.3, -0.25) is 0 Å². The standard InChI is InChI=1S/C29H22O/c1-30-28-17-15-19-8-2-3-9-21(19)29(28)20-14-16-26-24-12-5-4-10-22(24)23-11-6-7-13-25(23)27(26)18-20/h2-17,27H,18H2,1H3. The maximum atomic E-state index is 5.81. The average Bonchev–Trinajstić information content (AvgIpc) is 2.83. The van der Waals surface area contributed by atoms with Gasteiger partial charge in [0.05, 0.1) is 7.11 Å². The van der Waals surface area contributed by atoms with Crippen LogP contribution in [-0.4, -0.2) is 7.11 Å². The first-order chi connectivity index (χ1) is 14.8. The zero-order valence-corrected chi connectivity index (χ0v) is 16.9. The molecule has 4 aromatic rings. The van der Waals surface area contributed by atoms with Gasteiger partial charge in [-0.15, -0.1) is 0 Å². The molecular formula is C29H22O. The normalized spacial score (nSPS) is 16.8. The fourth-order valence-corrected chi connectivity index (χ4v) is 5.21. The summed E-state index contributed by atoms with van der Waals surface area (Å²) in [6.45, 7) is 0. The quantitative estimate of drug-likeness (QED) is 0.347. The maximum Gasteiger partial charge on any atom is 0.127 e. The fourth-order valence-electron chi connectivity index (χ4n) is 5.21. The van der Waals surface area contributed by atoms with Crippen molar-refractivity contribution in [3.63, 3.8) is 0 Å². The average molecular weight is 386 g/mol. The van der Waals surface area contributed by atoms with Crippen molar-refractivity contribution >= 4 is 21.9 Å². The predicted octanol–water partition coefficient (Wildman–Crippen LogP) is 7.48. The molecule has 30 heavy (non-hydrogen) atoms. The van der Waals surface area contributed by atoms with Crippen molar-refractivity contribution in [2.24, 2.45) is 0 Å². The first-order valence-electron chi connectivity index (χ1n) is 10.5. The van der Waals surface area contributed by atoms with Crippen LogP contribution in [0.5, 0.6) is 5.75 Å². The van der Waals surface area contributed by atoms with Crippen LogP contribution in [0.4, 0.5) is 0 Å². The molecule has 0 saturated heterocycles. The first-order valence-corrected chi connectivity index (χ1v) is 10.5. The summed E-state index contributed by atoms with van der Waals surface area (Å²) in [4.78, 5) is 0. The summed E-state index contributed by atoms with van der Waals surface area (Å²) >= 11 is 0. The molecule has 2 aliphatic rings. The summed E-state index contributed by atoms with van der Waals surface area (Å²) < 4.78 is 5.81. The summed E-state index contributed by atoms with van der Waals surface area (Å²) in [6.07, 6.45) is 5.61. The monoisotopic (exact) mass is 386 g/mol. The second kappa shape index (κ2) is 6.74. The molecule has 1 nitrogen and oxygen atoms in total. The third kappa shape index (κ3) is 2.48. The zero-order chi connectivity index (χ0) is 20.1. The van der Waals surface area contributed by atoms with Gasteiger partial charge in [0.25, 0.3) is 0 Å². The smallest absolute Gasteiger partial charge is 0.127 e. The Hall–Kier alpha value is -3.58. The van der Waals surface area contributed by atoms with Crippen molar-refractivity contribution in [2.75, 3.05) is 7.11 Å². The Bertz CT molecular complexity index is 1360. The van der Waals surface area contributed by atoms with Crippen LogP contribution in [0.3, 0.4) is 0 Å². The molecule has 4 aromatic carbocycles. The number of fused-ring (bicyclic) bond motifs is 7. The molecule has 0 aromatic heterocycles. The Morgan fingerprint density at radius 3 is 2.30 bits per heavy atom. The van der Waals surface area contributed by atoms with Gasteiger partial charge < -0.3 is 4.74 Å². The topological polar surface area (TPSA) is 9.23 Å². The number of benzene rings is 4. The van der Waals surface area contributed by atoms with Gasteiger partial charge in [0.15, 0.2) is 0 Å². The summed E-state index contributed by atoms with van der Waals surface area (Å²) in [6, 6.07) is 30.5. The Morgan fingerprint density at radius 1 is 0.700 bits per heavy atom. The molecule has 0 bridgehead atoms. The van der Waals surface area contributed by atoms with Crippen LogP contribution in [-0.2, 0) is 0 Å². The van der Waals surface area contributed by atoms with Crippen LogP contribution in [0.1, 0.15) is 29.0 Å². The molecule has 144 valence electrons. The van der Waals surface area contributed by atoms with Crippen LogP contribution in [0.2, 0.25) is 0 Å². The molecule has 0 heterocycles. The molecule has 1 heteroatoms. The molecule has 0 saturated carbocycles. The van der Waals surface area contributed by atoms with E-state index in [0.717, 1.165) is 12.2 Å². The van der Waals surface area contributed by atoms with Crippen LogP contribution < -0.4 is 4.74 Å². The Balaban J connectivity index is 1.59. The van der Waals surface area contributed by atoms with Crippen molar-refractivity contribution in [1.29, 1.82) is 0 Å². The van der Waals surface area contributed by atoms with E-state index in [1.165, 1.54) is 49.7 Å². The lowest BCUT2D eigenvalue weighted by Gasteiger charge is -2.34. The van der Waals surface area contributed by atoms with E-state index in [-0.39, 0.29) is 0 Å². The van der Waals surface area contributed by atoms with Crippen LogP contribution in [0.15, 0.2) is 97.1 Å². The van der Waals surface area contributed by atoms with Crippen molar-refractivity contribution in [3.8, 4) is 16.9 Å². The highest BCUT2D eigenvalue weighted by Gasteiger charge is 2.31. The van der Waals surface area contributed by atoms with Gasteiger partial charge in [0.1, 0.15) is 5.75 Å². The van der Waals surface area contributed by atoms with Gasteiger partial charge in [-0.05, 0) is 56.7 Å². The number of rotatable bonds is 2. The van der Waals surface area contributed by atoms with Crippen LogP contribution in [0, 0.1) is 0 Å². The minimum atomic E-state index is 0.361. The lowest BCUT2D eigenvalue weighted by molar-refractivity contribution is 0.414. The van der Waals surface area contributed by atoms with Gasteiger partial charge in [0, 0.05) is 11.5 Å². The molecule has 0 fully saturated rings. The van der Waals surface area contributed by atoms with Gasteiger partial charge in [0.2, 0.25) is 0 Å². The van der Waals surface area contributed by atoms with E-state index in [9.17, 15) is 0 Å². The first kappa shape index (κ1) is 17.3. The predicted molar refractivity (Wildman–Crippen MR) is 126 cm³/mol. The molecule has 6 rings (SSSR count). The third-order valence-electron chi connectivity index (χ3n) is 6.56. The highest BCUT2D eigenvalue weighted by molar-refractivity contribution is 6.00. The van der Waals surface area contributed by atoms with E-state index in [0.29, 0.717) is 5.92 Å². The molecule has 0 amide bonds. The number of methoxy groups -OCH3 is 1. The summed E-state index contributed by atoms with van der Waals surface area (Å²) in [7, 11) is 1.77. The van der Waals surface area contributed by atoms with E-state index in [4.69, 9.17) is 4.74 Å². The number of hydrogen-bond acceptors (Lipinski definition) is 1. The van der Waals surface area contributed by atoms with E-state index in [1.807, 2.05) is 0 Å². The van der Waals surface area contributed by atoms with Gasteiger partial charge >= 0.3 is 0 Å². The van der Waals surface area contributed by atoms with E-state index in [1.54, 1.807) is 7.11 Å². The Labute approximate surface area is 177 Å². The third-order valence-corrected chi connectivity index (χ3v) is 6.56. The largest absolute Gasteiger partial charge is 0.496 e. The summed E-state index contributed by atoms with van der Waals surface area (Å²) in [5.74, 6) is 1.31. The van der Waals surface area contributed by atoms with E-state index >= 15 is 0 Å². The molecule has 1 atom stereocenters. The van der Waals surface area contributed by atoms with Crippen molar-refractivity contribution in [2.45, 2.75) is 12.3 Å². The number of hydrogen-bond donors (Lipinski definition) is 0. The SMILES string of the molecule is COc1ccc2ccccc2c1C1=CC=C2c3ccccc3-c3ccccc3C2C1. The molecular weight excluding hydrogens is 364 g/mol. The van der Waals surface area contributed by atoms with Crippen molar-refractivity contribution < 1.29 is 4.74 Å². The molecule has 0 N–H and O–H groups in total. The highest BCUT2D eigenvalue weighted by atomic mass is 16.5. The lowest BCUT2D eigenvalue weighted by atomic mass is 9.70. The van der Waals surface area contributed by atoms with E-state index < -0.39 is 0 Å². The Morgan fingerprint density at radius 2 is 1.43 bits per heavy atom. The van der Waals surface area contributed by atoms with Gasteiger partial charge in [-0.1, -0.05) is 91.0 Å². The molecule has 2 aliphatic carbocycles. The molecule has 0 spiro atoms. The second-order valence-corrected chi connectivity index (χ2v) is 8.07. The number of ether oxygens (including phenoxy) is 1. The number of allylic oxidation sites excluding steroid dienone is 4. The van der Waals surface area contributed by atoms with Crippen molar-refractivity contribution in [1.82, 2.24) is 0 Å². The molecule has 0 aliphatic heterocycles. The summed E-state index contributed by atoms with van der Waals surface area (Å²) in [5, 5.41) is 2.50. The zero-order valence-electron chi connectivity index (χ0n) is 16.9. The fraction of sp³-hybridized carbons (Fsp3) is 0.103. The van der Waals surface area contributed by atoms with Gasteiger partial charge in [-0.25, -0.2) is 0 Å². The highest BCUT2D eigenvalue weighted by Crippen LogP contribution is 2.52. The van der Waals surface area contributed by atoms with Gasteiger partial charge in [-0.2, -0.15) is 0 Å². The molecule has 1 unspecified atom stereocenters. The lowest BCUT2D eigenvalue weighted by Crippen LogP contribution is -2.13. The van der Waals surface area contributed by atoms with Crippen LogP contribution in [0.25, 0.3) is 33.0 Å². The minimum absolute atomic E-state index is 0.361.